The summed E-state index contributed by atoms with van der Waals surface area (Å²) in [7, 11) is 0. The van der Waals surface area contributed by atoms with Gasteiger partial charge in [0, 0.05) is 6.42 Å². The SMILES string of the molecule is CCCCCCCCCCCC/C=C/CC/C=C/C(O)C(CO)NC(=O)CCCCCCCCCCCCCCCCCCCCCCCCCCCCCC. The molecule has 0 aromatic rings. The Hall–Kier alpha value is -1.13. The van der Waals surface area contributed by atoms with Crippen LogP contribution in [0.4, 0.5) is 0 Å². The highest BCUT2D eigenvalue weighted by Gasteiger charge is 2.17. The van der Waals surface area contributed by atoms with Crippen LogP contribution in [0.25, 0.3) is 0 Å². The van der Waals surface area contributed by atoms with E-state index in [4.69, 9.17) is 0 Å². The molecule has 0 aromatic carbocycles. The monoisotopic (exact) mass is 788 g/mol. The number of amides is 1. The van der Waals surface area contributed by atoms with Gasteiger partial charge in [-0.3, -0.25) is 4.79 Å². The van der Waals surface area contributed by atoms with Crippen LogP contribution in [-0.2, 0) is 4.79 Å². The van der Waals surface area contributed by atoms with Crippen LogP contribution in [0.2, 0.25) is 0 Å². The van der Waals surface area contributed by atoms with E-state index < -0.39 is 12.1 Å². The molecule has 0 bridgehead atoms. The summed E-state index contributed by atoms with van der Waals surface area (Å²) < 4.78 is 0. The Morgan fingerprint density at radius 3 is 1.04 bits per heavy atom. The predicted molar refractivity (Wildman–Crippen MR) is 249 cm³/mol. The third-order valence-corrected chi connectivity index (χ3v) is 11.9. The topological polar surface area (TPSA) is 69.6 Å². The average molecular weight is 788 g/mol. The molecule has 4 nitrogen and oxygen atoms in total. The number of carbonyl (C=O) groups excluding carboxylic acids is 1. The van der Waals surface area contributed by atoms with Crippen molar-refractivity contribution in [3.63, 3.8) is 0 Å². The van der Waals surface area contributed by atoms with Gasteiger partial charge in [-0.25, -0.2) is 0 Å². The fraction of sp³-hybridized carbons (Fsp3) is 0.904. The summed E-state index contributed by atoms with van der Waals surface area (Å²) in [5, 5.41) is 23.0. The van der Waals surface area contributed by atoms with Crippen LogP contribution in [0, 0.1) is 0 Å². The lowest BCUT2D eigenvalue weighted by molar-refractivity contribution is -0.123. The van der Waals surface area contributed by atoms with E-state index in [-0.39, 0.29) is 12.5 Å². The molecule has 0 saturated heterocycles. The molecule has 0 fully saturated rings. The van der Waals surface area contributed by atoms with Gasteiger partial charge in [-0.15, -0.1) is 0 Å². The number of hydrogen-bond donors (Lipinski definition) is 3. The molecular formula is C52H101NO3. The number of aliphatic hydroxyl groups is 2. The standard InChI is InChI=1S/C52H101NO3/c1-3-5-7-9-11-13-15-17-19-21-22-23-24-25-26-27-28-29-30-31-32-34-36-38-40-42-44-46-48-52(56)53-50(49-54)51(55)47-45-43-41-39-37-35-33-20-18-16-14-12-10-8-6-4-2/h37,39,45,47,50-51,54-55H,3-36,38,40-44,46,48-49H2,1-2H3,(H,53,56)/b39-37+,47-45+. The van der Waals surface area contributed by atoms with Gasteiger partial charge in [0.15, 0.2) is 0 Å². The number of hydrogen-bond acceptors (Lipinski definition) is 3. The molecule has 4 heteroatoms. The minimum Gasteiger partial charge on any atom is -0.394 e. The van der Waals surface area contributed by atoms with E-state index in [0.29, 0.717) is 6.42 Å². The summed E-state index contributed by atoms with van der Waals surface area (Å²) in [6.07, 6.45) is 63.2. The van der Waals surface area contributed by atoms with Crippen molar-refractivity contribution >= 4 is 5.91 Å². The van der Waals surface area contributed by atoms with Crippen molar-refractivity contribution in [3.05, 3.63) is 24.3 Å². The van der Waals surface area contributed by atoms with Crippen LogP contribution < -0.4 is 5.32 Å². The van der Waals surface area contributed by atoms with Gasteiger partial charge in [0.1, 0.15) is 0 Å². The number of rotatable bonds is 47. The minimum absolute atomic E-state index is 0.0683. The smallest absolute Gasteiger partial charge is 0.220 e. The lowest BCUT2D eigenvalue weighted by atomic mass is 10.0. The second-order valence-corrected chi connectivity index (χ2v) is 17.6. The summed E-state index contributed by atoms with van der Waals surface area (Å²) in [5.74, 6) is -0.0683. The maximum Gasteiger partial charge on any atom is 0.220 e. The zero-order valence-electron chi connectivity index (χ0n) is 38.2. The molecule has 0 aromatic heterocycles. The Morgan fingerprint density at radius 2 is 0.696 bits per heavy atom. The number of aliphatic hydroxyl groups excluding tert-OH is 2. The number of carbonyl (C=O) groups is 1. The Kier molecular flexibility index (Phi) is 47.3. The van der Waals surface area contributed by atoms with E-state index in [2.05, 4.69) is 31.3 Å². The molecule has 1 amide bonds. The highest BCUT2D eigenvalue weighted by Crippen LogP contribution is 2.17. The quantitative estimate of drug-likeness (QED) is 0.0425. The second-order valence-electron chi connectivity index (χ2n) is 17.6. The van der Waals surface area contributed by atoms with E-state index in [1.165, 1.54) is 231 Å². The van der Waals surface area contributed by atoms with Crippen LogP contribution in [0.1, 0.15) is 284 Å². The van der Waals surface area contributed by atoms with Crippen molar-refractivity contribution in [2.24, 2.45) is 0 Å². The lowest BCUT2D eigenvalue weighted by Crippen LogP contribution is -2.45. The molecule has 332 valence electrons. The molecule has 0 aliphatic rings. The van der Waals surface area contributed by atoms with E-state index in [1.807, 2.05) is 6.08 Å². The van der Waals surface area contributed by atoms with Gasteiger partial charge in [0.2, 0.25) is 5.91 Å². The zero-order chi connectivity index (χ0) is 40.7. The number of unbranched alkanes of at least 4 members (excludes halogenated alkanes) is 38. The largest absolute Gasteiger partial charge is 0.394 e. The molecule has 2 atom stereocenters. The molecule has 2 unspecified atom stereocenters. The van der Waals surface area contributed by atoms with Crippen LogP contribution in [0.15, 0.2) is 24.3 Å². The lowest BCUT2D eigenvalue weighted by Gasteiger charge is -2.19. The maximum absolute atomic E-state index is 12.4. The fourth-order valence-electron chi connectivity index (χ4n) is 8.02. The summed E-state index contributed by atoms with van der Waals surface area (Å²) in [5.41, 5.74) is 0. The molecule has 0 heterocycles. The van der Waals surface area contributed by atoms with Crippen molar-refractivity contribution in [1.29, 1.82) is 0 Å². The zero-order valence-corrected chi connectivity index (χ0v) is 38.2. The molecule has 0 spiro atoms. The van der Waals surface area contributed by atoms with Gasteiger partial charge in [-0.2, -0.15) is 0 Å². The Labute approximate surface area is 351 Å². The summed E-state index contributed by atoms with van der Waals surface area (Å²) >= 11 is 0. The summed E-state index contributed by atoms with van der Waals surface area (Å²) in [6, 6.07) is -0.635. The molecule has 3 N–H and O–H groups in total. The molecule has 0 saturated carbocycles. The summed E-state index contributed by atoms with van der Waals surface area (Å²) in [4.78, 5) is 12.4. The molecule has 0 aliphatic heterocycles. The van der Waals surface area contributed by atoms with Gasteiger partial charge in [0.25, 0.3) is 0 Å². The fourth-order valence-corrected chi connectivity index (χ4v) is 8.02. The van der Waals surface area contributed by atoms with Crippen molar-refractivity contribution in [2.45, 2.75) is 296 Å². The first-order chi connectivity index (χ1) is 27.7. The van der Waals surface area contributed by atoms with Gasteiger partial charge in [0.05, 0.1) is 18.8 Å². The highest BCUT2D eigenvalue weighted by atomic mass is 16.3. The molecule has 0 aliphatic carbocycles. The van der Waals surface area contributed by atoms with Gasteiger partial charge in [-0.1, -0.05) is 269 Å². The van der Waals surface area contributed by atoms with Crippen LogP contribution in [0.3, 0.4) is 0 Å². The Bertz CT molecular complexity index is 810. The molecule has 0 rings (SSSR count). The molecule has 0 radical (unpaired) electrons. The highest BCUT2D eigenvalue weighted by molar-refractivity contribution is 5.76. The maximum atomic E-state index is 12.4. The minimum atomic E-state index is -0.858. The average Bonchev–Trinajstić information content (AvgIpc) is 3.20. The second kappa shape index (κ2) is 48.2. The van der Waals surface area contributed by atoms with Crippen LogP contribution >= 0.6 is 0 Å². The van der Waals surface area contributed by atoms with E-state index >= 15 is 0 Å². The van der Waals surface area contributed by atoms with Crippen LogP contribution in [-0.4, -0.2) is 34.9 Å². The van der Waals surface area contributed by atoms with Crippen molar-refractivity contribution in [1.82, 2.24) is 5.32 Å². The van der Waals surface area contributed by atoms with E-state index in [0.717, 1.165) is 32.1 Å². The van der Waals surface area contributed by atoms with Crippen molar-refractivity contribution in [3.8, 4) is 0 Å². The normalized spacial score (nSPS) is 13.0. The van der Waals surface area contributed by atoms with Crippen molar-refractivity contribution in [2.75, 3.05) is 6.61 Å². The van der Waals surface area contributed by atoms with Crippen LogP contribution in [0.5, 0.6) is 0 Å². The molecular weight excluding hydrogens is 687 g/mol. The number of nitrogens with one attached hydrogen (secondary N) is 1. The summed E-state index contributed by atoms with van der Waals surface area (Å²) in [6.45, 7) is 4.32. The van der Waals surface area contributed by atoms with E-state index in [9.17, 15) is 15.0 Å². The van der Waals surface area contributed by atoms with Gasteiger partial charge in [-0.05, 0) is 32.1 Å². The van der Waals surface area contributed by atoms with Gasteiger partial charge < -0.3 is 15.5 Å². The Balaban J connectivity index is 3.47. The Morgan fingerprint density at radius 1 is 0.411 bits per heavy atom. The third kappa shape index (κ3) is 44.0. The van der Waals surface area contributed by atoms with Crippen molar-refractivity contribution < 1.29 is 15.0 Å². The number of allylic oxidation sites excluding steroid dienone is 3. The molecule has 56 heavy (non-hydrogen) atoms. The third-order valence-electron chi connectivity index (χ3n) is 11.9. The van der Waals surface area contributed by atoms with E-state index in [1.54, 1.807) is 6.08 Å². The first kappa shape index (κ1) is 54.9. The first-order valence-electron chi connectivity index (χ1n) is 25.6. The first-order valence-corrected chi connectivity index (χ1v) is 25.6. The van der Waals surface area contributed by atoms with Gasteiger partial charge >= 0.3 is 0 Å². The predicted octanol–water partition coefficient (Wildman–Crippen LogP) is 16.4.